The zero-order chi connectivity index (χ0) is 17.7. The lowest BCUT2D eigenvalue weighted by Gasteiger charge is -2.43. The molecule has 2 saturated heterocycles. The second-order valence-electron chi connectivity index (χ2n) is 7.74. The molecule has 2 fully saturated rings. The number of carbonyl (C=O) groups is 1. The van der Waals surface area contributed by atoms with Crippen LogP contribution in [0.25, 0.3) is 11.0 Å². The summed E-state index contributed by atoms with van der Waals surface area (Å²) in [5.41, 5.74) is 1.000. The molecule has 2 aliphatic rings. The standard InChI is InChI=1S/C19H26N4O2/c1-12(2)22(15-10-13-8-9-14(11-15)21(13)3)19(25)23-17-7-5-4-6-16(17)20-18(23)24/h4-7,12-15H,8-11H2,1-3H3,(H,20,24). The molecule has 2 unspecified atom stereocenters. The molecule has 1 aromatic heterocycles. The molecule has 0 aliphatic carbocycles. The van der Waals surface area contributed by atoms with E-state index in [1.807, 2.05) is 43.0 Å². The number of H-pyrrole nitrogens is 1. The number of hydrogen-bond acceptors (Lipinski definition) is 3. The molecule has 2 atom stereocenters. The van der Waals surface area contributed by atoms with Crippen LogP contribution in [-0.2, 0) is 0 Å². The number of carbonyl (C=O) groups excluding carboxylic acids is 1. The second kappa shape index (κ2) is 6.02. The van der Waals surface area contributed by atoms with Crippen LogP contribution >= 0.6 is 0 Å². The van der Waals surface area contributed by atoms with E-state index in [0.29, 0.717) is 23.1 Å². The zero-order valence-electron chi connectivity index (χ0n) is 15.1. The van der Waals surface area contributed by atoms with Crippen molar-refractivity contribution in [3.63, 3.8) is 0 Å². The van der Waals surface area contributed by atoms with Crippen LogP contribution in [0.5, 0.6) is 0 Å². The van der Waals surface area contributed by atoms with E-state index in [0.717, 1.165) is 12.8 Å². The number of nitrogens with one attached hydrogen (secondary N) is 1. The molecule has 6 nitrogen and oxygen atoms in total. The number of para-hydroxylation sites is 2. The summed E-state index contributed by atoms with van der Waals surface area (Å²) in [5, 5.41) is 0. The molecule has 1 amide bonds. The summed E-state index contributed by atoms with van der Waals surface area (Å²) < 4.78 is 1.30. The highest BCUT2D eigenvalue weighted by Crippen LogP contribution is 2.37. The molecule has 3 heterocycles. The van der Waals surface area contributed by atoms with Crippen molar-refractivity contribution in [1.82, 2.24) is 19.4 Å². The first kappa shape index (κ1) is 16.4. The molecule has 0 spiro atoms. The third kappa shape index (κ3) is 2.59. The number of aromatic amines is 1. The number of nitrogens with zero attached hydrogens (tertiary/aromatic N) is 3. The first-order valence-corrected chi connectivity index (χ1v) is 9.21. The van der Waals surface area contributed by atoms with E-state index in [-0.39, 0.29) is 23.8 Å². The number of rotatable bonds is 2. The SMILES string of the molecule is CC(C)N(C(=O)n1c(=O)[nH]c2ccccc21)C1CC2CCC(C1)N2C. The van der Waals surface area contributed by atoms with Crippen LogP contribution in [0.3, 0.4) is 0 Å². The first-order chi connectivity index (χ1) is 12.0. The fourth-order valence-electron chi connectivity index (χ4n) is 4.77. The molecule has 134 valence electrons. The minimum Gasteiger partial charge on any atom is -0.318 e. The molecule has 0 radical (unpaired) electrons. The van der Waals surface area contributed by atoms with Crippen molar-refractivity contribution in [2.45, 2.75) is 63.7 Å². The summed E-state index contributed by atoms with van der Waals surface area (Å²) >= 11 is 0. The molecule has 0 saturated carbocycles. The Hall–Kier alpha value is -2.08. The van der Waals surface area contributed by atoms with Crippen LogP contribution in [-0.4, -0.2) is 56.6 Å². The topological polar surface area (TPSA) is 61.3 Å². The normalized spacial score (nSPS) is 26.5. The Morgan fingerprint density at radius 1 is 1.20 bits per heavy atom. The van der Waals surface area contributed by atoms with Gasteiger partial charge < -0.3 is 14.8 Å². The Labute approximate surface area is 147 Å². The average Bonchev–Trinajstić information content (AvgIpc) is 2.97. The number of piperidine rings is 1. The fraction of sp³-hybridized carbons (Fsp3) is 0.579. The maximum Gasteiger partial charge on any atom is 0.334 e. The predicted molar refractivity (Wildman–Crippen MR) is 97.9 cm³/mol. The van der Waals surface area contributed by atoms with Crippen molar-refractivity contribution in [2.24, 2.45) is 0 Å². The van der Waals surface area contributed by atoms with Gasteiger partial charge in [0.15, 0.2) is 0 Å². The van der Waals surface area contributed by atoms with Crippen molar-refractivity contribution < 1.29 is 4.79 Å². The number of amides is 1. The average molecular weight is 342 g/mol. The summed E-state index contributed by atoms with van der Waals surface area (Å²) in [6.07, 6.45) is 4.41. The lowest BCUT2D eigenvalue weighted by molar-refractivity contribution is 0.0769. The molecule has 1 aromatic carbocycles. The van der Waals surface area contributed by atoms with Gasteiger partial charge in [0, 0.05) is 24.2 Å². The van der Waals surface area contributed by atoms with Gasteiger partial charge in [0.1, 0.15) is 0 Å². The van der Waals surface area contributed by atoms with E-state index >= 15 is 0 Å². The minimum absolute atomic E-state index is 0.0564. The number of aromatic nitrogens is 2. The third-order valence-electron chi connectivity index (χ3n) is 6.02. The van der Waals surface area contributed by atoms with Gasteiger partial charge in [-0.15, -0.1) is 0 Å². The van der Waals surface area contributed by atoms with E-state index in [1.165, 1.54) is 17.4 Å². The molecule has 25 heavy (non-hydrogen) atoms. The Morgan fingerprint density at radius 2 is 1.84 bits per heavy atom. The number of benzene rings is 1. The zero-order valence-corrected chi connectivity index (χ0v) is 15.1. The molecule has 4 rings (SSSR count). The van der Waals surface area contributed by atoms with E-state index in [4.69, 9.17) is 0 Å². The Kier molecular flexibility index (Phi) is 3.95. The van der Waals surface area contributed by atoms with Crippen LogP contribution in [0.15, 0.2) is 29.1 Å². The fourth-order valence-corrected chi connectivity index (χ4v) is 4.77. The Bertz CT molecular complexity index is 838. The summed E-state index contributed by atoms with van der Waals surface area (Å²) in [7, 11) is 2.20. The minimum atomic E-state index is -0.354. The number of fused-ring (bicyclic) bond motifs is 3. The summed E-state index contributed by atoms with van der Waals surface area (Å²) in [5.74, 6) is 0. The molecular formula is C19H26N4O2. The van der Waals surface area contributed by atoms with Crippen molar-refractivity contribution in [1.29, 1.82) is 0 Å². The summed E-state index contributed by atoms with van der Waals surface area (Å²) in [6, 6.07) is 8.53. The predicted octanol–water partition coefficient (Wildman–Crippen LogP) is 2.63. The van der Waals surface area contributed by atoms with Crippen LogP contribution < -0.4 is 5.69 Å². The smallest absolute Gasteiger partial charge is 0.318 e. The van der Waals surface area contributed by atoms with Gasteiger partial charge in [0.05, 0.1) is 11.0 Å². The van der Waals surface area contributed by atoms with Gasteiger partial charge in [0.2, 0.25) is 0 Å². The van der Waals surface area contributed by atoms with E-state index < -0.39 is 0 Å². The quantitative estimate of drug-likeness (QED) is 0.913. The van der Waals surface area contributed by atoms with E-state index in [1.54, 1.807) is 0 Å². The monoisotopic (exact) mass is 342 g/mol. The first-order valence-electron chi connectivity index (χ1n) is 9.21. The highest BCUT2D eigenvalue weighted by molar-refractivity contribution is 5.89. The van der Waals surface area contributed by atoms with Crippen molar-refractivity contribution in [3.8, 4) is 0 Å². The van der Waals surface area contributed by atoms with E-state index in [9.17, 15) is 9.59 Å². The summed E-state index contributed by atoms with van der Waals surface area (Å²) in [6.45, 7) is 4.08. The molecule has 2 bridgehead atoms. The third-order valence-corrected chi connectivity index (χ3v) is 6.02. The van der Waals surface area contributed by atoms with E-state index in [2.05, 4.69) is 16.9 Å². The number of hydrogen-bond donors (Lipinski definition) is 1. The summed E-state index contributed by atoms with van der Waals surface area (Å²) in [4.78, 5) is 33.0. The van der Waals surface area contributed by atoms with Gasteiger partial charge in [0.25, 0.3) is 0 Å². The van der Waals surface area contributed by atoms with Gasteiger partial charge in [-0.25, -0.2) is 14.2 Å². The van der Waals surface area contributed by atoms with Crippen LogP contribution in [0.1, 0.15) is 39.5 Å². The van der Waals surface area contributed by atoms with Gasteiger partial charge >= 0.3 is 11.7 Å². The lowest BCUT2D eigenvalue weighted by Crippen LogP contribution is -2.54. The van der Waals surface area contributed by atoms with Crippen molar-refractivity contribution in [2.75, 3.05) is 7.05 Å². The molecule has 2 aliphatic heterocycles. The van der Waals surface area contributed by atoms with Crippen LogP contribution in [0.2, 0.25) is 0 Å². The second-order valence-corrected chi connectivity index (χ2v) is 7.74. The molecule has 2 aromatic rings. The highest BCUT2D eigenvalue weighted by atomic mass is 16.2. The largest absolute Gasteiger partial charge is 0.334 e. The highest BCUT2D eigenvalue weighted by Gasteiger charge is 2.42. The molecular weight excluding hydrogens is 316 g/mol. The number of imidazole rings is 1. The maximum absolute atomic E-state index is 13.4. The maximum atomic E-state index is 13.4. The van der Waals surface area contributed by atoms with Crippen LogP contribution in [0.4, 0.5) is 4.79 Å². The van der Waals surface area contributed by atoms with Crippen molar-refractivity contribution in [3.05, 3.63) is 34.7 Å². The Balaban J connectivity index is 1.70. The Morgan fingerprint density at radius 3 is 2.48 bits per heavy atom. The van der Waals surface area contributed by atoms with Crippen LogP contribution in [0, 0.1) is 0 Å². The molecule has 1 N–H and O–H groups in total. The van der Waals surface area contributed by atoms with Gasteiger partial charge in [-0.1, -0.05) is 12.1 Å². The van der Waals surface area contributed by atoms with Gasteiger partial charge in [-0.3, -0.25) is 0 Å². The van der Waals surface area contributed by atoms with Crippen molar-refractivity contribution >= 4 is 17.1 Å². The van der Waals surface area contributed by atoms with Gasteiger partial charge in [-0.05, 0) is 58.7 Å². The lowest BCUT2D eigenvalue weighted by atomic mass is 9.95. The van der Waals surface area contributed by atoms with Gasteiger partial charge in [-0.2, -0.15) is 0 Å². The molecule has 6 heteroatoms.